The molecule has 2 heterocycles. The van der Waals surface area contributed by atoms with Crippen molar-refractivity contribution in [1.29, 1.82) is 0 Å². The van der Waals surface area contributed by atoms with Crippen LogP contribution >= 0.6 is 0 Å². The zero-order valence-electron chi connectivity index (χ0n) is 16.0. The number of hydrogen-bond acceptors (Lipinski definition) is 5. The summed E-state index contributed by atoms with van der Waals surface area (Å²) in [5.74, 6) is -0.922. The van der Waals surface area contributed by atoms with Crippen LogP contribution in [0.5, 0.6) is 0 Å². The first-order valence-corrected chi connectivity index (χ1v) is 8.51. The summed E-state index contributed by atoms with van der Waals surface area (Å²) in [7, 11) is 0. The number of ether oxygens (including phenoxy) is 1. The summed E-state index contributed by atoms with van der Waals surface area (Å²) >= 11 is 0. The maximum absolute atomic E-state index is 13.1. The summed E-state index contributed by atoms with van der Waals surface area (Å²) in [5, 5.41) is 0. The van der Waals surface area contributed by atoms with Gasteiger partial charge in [0.25, 0.3) is 5.56 Å². The maximum atomic E-state index is 13.1. The van der Waals surface area contributed by atoms with Gasteiger partial charge >= 0.3 is 11.7 Å². The number of pyridine rings is 1. The Kier molecular flexibility index (Phi) is 5.49. The van der Waals surface area contributed by atoms with Gasteiger partial charge in [0.05, 0.1) is 5.56 Å². The Morgan fingerprint density at radius 2 is 1.92 bits per heavy atom. The number of carbonyl (C=O) groups is 1. The van der Waals surface area contributed by atoms with Gasteiger partial charge in [0.1, 0.15) is 11.6 Å². The molecule has 2 rings (SSSR count). The van der Waals surface area contributed by atoms with Crippen molar-refractivity contribution < 1.29 is 9.53 Å². The van der Waals surface area contributed by atoms with Crippen LogP contribution in [-0.2, 0) is 9.53 Å². The van der Waals surface area contributed by atoms with Crippen LogP contribution in [0.25, 0.3) is 11.1 Å². The van der Waals surface area contributed by atoms with Gasteiger partial charge in [0.15, 0.2) is 0 Å². The van der Waals surface area contributed by atoms with Gasteiger partial charge < -0.3 is 9.72 Å². The van der Waals surface area contributed by atoms with Crippen molar-refractivity contribution in [2.24, 2.45) is 5.92 Å². The lowest BCUT2D eigenvalue weighted by atomic mass is 10.0. The highest BCUT2D eigenvalue weighted by molar-refractivity contribution is 5.75. The molecule has 0 saturated carbocycles. The second-order valence-electron chi connectivity index (χ2n) is 7.57. The predicted molar refractivity (Wildman–Crippen MR) is 99.0 cm³/mol. The van der Waals surface area contributed by atoms with E-state index in [1.165, 1.54) is 0 Å². The van der Waals surface area contributed by atoms with Crippen molar-refractivity contribution in [2.75, 3.05) is 0 Å². The number of nitrogens with zero attached hydrogens (tertiary/aromatic N) is 2. The highest BCUT2D eigenvalue weighted by Gasteiger charge is 2.32. The van der Waals surface area contributed by atoms with E-state index >= 15 is 0 Å². The molecule has 2 aromatic rings. The third kappa shape index (κ3) is 4.09. The SMILES string of the molecule is Cc1[nH]c(=O)n([C@H](C(=O)OC(C)(C)C)C(C)C)c(=O)c1-c1cccnc1. The minimum absolute atomic E-state index is 0.312. The quantitative estimate of drug-likeness (QED) is 0.846. The molecule has 0 fully saturated rings. The summed E-state index contributed by atoms with van der Waals surface area (Å²) in [4.78, 5) is 45.1. The van der Waals surface area contributed by atoms with E-state index in [1.807, 2.05) is 0 Å². The van der Waals surface area contributed by atoms with Crippen LogP contribution in [0.1, 0.15) is 46.4 Å². The molecule has 0 amide bonds. The number of aryl methyl sites for hydroxylation is 1. The summed E-state index contributed by atoms with van der Waals surface area (Å²) in [6.07, 6.45) is 3.14. The molecular formula is C19H25N3O4. The lowest BCUT2D eigenvalue weighted by Gasteiger charge is -2.27. The molecule has 0 aliphatic heterocycles. The van der Waals surface area contributed by atoms with E-state index in [-0.39, 0.29) is 5.92 Å². The number of aromatic amines is 1. The van der Waals surface area contributed by atoms with E-state index in [1.54, 1.807) is 66.1 Å². The van der Waals surface area contributed by atoms with Gasteiger partial charge in [0, 0.05) is 23.7 Å². The molecule has 26 heavy (non-hydrogen) atoms. The van der Waals surface area contributed by atoms with Crippen LogP contribution in [0, 0.1) is 12.8 Å². The Balaban J connectivity index is 2.69. The zero-order valence-corrected chi connectivity index (χ0v) is 16.0. The Bertz CT molecular complexity index is 905. The molecule has 0 unspecified atom stereocenters. The molecule has 140 valence electrons. The van der Waals surface area contributed by atoms with Crippen LogP contribution in [0.2, 0.25) is 0 Å². The largest absolute Gasteiger partial charge is 0.458 e. The second kappa shape index (κ2) is 7.27. The molecule has 0 bridgehead atoms. The average molecular weight is 359 g/mol. The van der Waals surface area contributed by atoms with Gasteiger partial charge in [-0.2, -0.15) is 0 Å². The molecular weight excluding hydrogens is 334 g/mol. The lowest BCUT2D eigenvalue weighted by molar-refractivity contribution is -0.160. The zero-order chi connectivity index (χ0) is 19.6. The first-order valence-electron chi connectivity index (χ1n) is 8.51. The maximum Gasteiger partial charge on any atom is 0.330 e. The Morgan fingerprint density at radius 1 is 1.27 bits per heavy atom. The molecule has 0 aromatic carbocycles. The molecule has 0 aliphatic rings. The van der Waals surface area contributed by atoms with Gasteiger partial charge in [0.2, 0.25) is 0 Å². The summed E-state index contributed by atoms with van der Waals surface area (Å²) in [6, 6.07) is 2.41. The van der Waals surface area contributed by atoms with Crippen LogP contribution < -0.4 is 11.2 Å². The standard InChI is InChI=1S/C19H25N3O4/c1-11(2)15(17(24)26-19(4,5)6)22-16(23)14(12(3)21-18(22)25)13-8-7-9-20-10-13/h7-11,15H,1-6H3,(H,21,25)/t15-/m0/s1. The molecule has 2 aromatic heterocycles. The summed E-state index contributed by atoms with van der Waals surface area (Å²) in [5.41, 5.74) is -0.583. The van der Waals surface area contributed by atoms with Crippen LogP contribution in [0.15, 0.2) is 34.1 Å². The van der Waals surface area contributed by atoms with Crippen molar-refractivity contribution in [2.45, 2.75) is 53.2 Å². The molecule has 0 spiro atoms. The number of carbonyl (C=O) groups excluding carboxylic acids is 1. The van der Waals surface area contributed by atoms with Crippen LogP contribution in [-0.4, -0.2) is 26.1 Å². The van der Waals surface area contributed by atoms with Gasteiger partial charge in [-0.05, 0) is 39.7 Å². The van der Waals surface area contributed by atoms with Crippen molar-refractivity contribution >= 4 is 5.97 Å². The smallest absolute Gasteiger partial charge is 0.330 e. The fourth-order valence-electron chi connectivity index (χ4n) is 2.80. The highest BCUT2D eigenvalue weighted by Crippen LogP contribution is 2.22. The summed E-state index contributed by atoms with van der Waals surface area (Å²) < 4.78 is 6.39. The molecule has 7 nitrogen and oxygen atoms in total. The first kappa shape index (κ1) is 19.6. The van der Waals surface area contributed by atoms with Crippen molar-refractivity contribution in [1.82, 2.24) is 14.5 Å². The van der Waals surface area contributed by atoms with Crippen molar-refractivity contribution in [3.63, 3.8) is 0 Å². The van der Waals surface area contributed by atoms with Gasteiger partial charge in [-0.15, -0.1) is 0 Å². The third-order valence-electron chi connectivity index (χ3n) is 3.83. The van der Waals surface area contributed by atoms with E-state index in [0.717, 1.165) is 4.57 Å². The van der Waals surface area contributed by atoms with Gasteiger partial charge in [-0.1, -0.05) is 19.9 Å². The molecule has 1 atom stereocenters. The van der Waals surface area contributed by atoms with E-state index in [2.05, 4.69) is 9.97 Å². The van der Waals surface area contributed by atoms with Gasteiger partial charge in [-0.25, -0.2) is 14.2 Å². The van der Waals surface area contributed by atoms with Crippen LogP contribution in [0.4, 0.5) is 0 Å². The average Bonchev–Trinajstić information content (AvgIpc) is 2.49. The number of aromatic nitrogens is 3. The van der Waals surface area contributed by atoms with E-state index in [4.69, 9.17) is 4.74 Å². The second-order valence-corrected chi connectivity index (χ2v) is 7.57. The Labute approximate surface area is 152 Å². The number of rotatable bonds is 4. The van der Waals surface area contributed by atoms with Crippen LogP contribution in [0.3, 0.4) is 0 Å². The Morgan fingerprint density at radius 3 is 2.42 bits per heavy atom. The molecule has 1 N–H and O–H groups in total. The third-order valence-corrected chi connectivity index (χ3v) is 3.83. The number of nitrogens with one attached hydrogen (secondary N) is 1. The van der Waals surface area contributed by atoms with Gasteiger partial charge in [-0.3, -0.25) is 9.78 Å². The molecule has 0 radical (unpaired) electrons. The van der Waals surface area contributed by atoms with E-state index < -0.39 is 28.9 Å². The number of hydrogen-bond donors (Lipinski definition) is 1. The minimum Gasteiger partial charge on any atom is -0.458 e. The Hall–Kier alpha value is -2.70. The topological polar surface area (TPSA) is 94.0 Å². The van der Waals surface area contributed by atoms with E-state index in [0.29, 0.717) is 16.8 Å². The molecule has 0 aliphatic carbocycles. The molecule has 0 saturated heterocycles. The monoisotopic (exact) mass is 359 g/mol. The van der Waals surface area contributed by atoms with Crippen molar-refractivity contribution in [3.05, 3.63) is 51.1 Å². The minimum atomic E-state index is -1.03. The predicted octanol–water partition coefficient (Wildman–Crippen LogP) is 2.45. The van der Waals surface area contributed by atoms with Crippen molar-refractivity contribution in [3.8, 4) is 11.1 Å². The fraction of sp³-hybridized carbons (Fsp3) is 0.474. The fourth-order valence-corrected chi connectivity index (χ4v) is 2.80. The normalized spacial score (nSPS) is 12.9. The first-order chi connectivity index (χ1) is 12.0. The lowest BCUT2D eigenvalue weighted by Crippen LogP contribution is -2.45. The highest BCUT2D eigenvalue weighted by atomic mass is 16.6. The number of esters is 1. The summed E-state index contributed by atoms with van der Waals surface area (Å²) in [6.45, 7) is 10.4. The molecule has 7 heteroatoms. The number of H-pyrrole nitrogens is 1. The van der Waals surface area contributed by atoms with E-state index in [9.17, 15) is 14.4 Å².